The number of alkyl halides is 2. The van der Waals surface area contributed by atoms with E-state index in [0.29, 0.717) is 16.7 Å². The maximum absolute atomic E-state index is 17.0. The number of hydrogen-bond acceptors (Lipinski definition) is 2. The van der Waals surface area contributed by atoms with Crippen molar-refractivity contribution >= 4 is 11.6 Å². The van der Waals surface area contributed by atoms with Gasteiger partial charge in [-0.25, -0.2) is 8.78 Å². The molecule has 2 bridgehead atoms. The predicted molar refractivity (Wildman–Crippen MR) is 119 cm³/mol. The minimum atomic E-state index is -2.29. The van der Waals surface area contributed by atoms with Gasteiger partial charge in [-0.2, -0.15) is 0 Å². The molecule has 164 valence electrons. The van der Waals surface area contributed by atoms with Gasteiger partial charge in [-0.3, -0.25) is 9.59 Å². The van der Waals surface area contributed by atoms with Crippen LogP contribution in [-0.2, 0) is 22.4 Å². The number of Topliss-reactive ketones (excluding diaryl/α,β-unsaturated/α-hetero) is 1. The van der Waals surface area contributed by atoms with Crippen LogP contribution < -0.4 is 0 Å². The van der Waals surface area contributed by atoms with Crippen LogP contribution in [0.5, 0.6) is 0 Å². The lowest BCUT2D eigenvalue weighted by molar-refractivity contribution is -0.164. The number of halogens is 2. The fourth-order valence-corrected chi connectivity index (χ4v) is 6.44. The Morgan fingerprint density at radius 1 is 0.844 bits per heavy atom. The summed E-state index contributed by atoms with van der Waals surface area (Å²) in [7, 11) is 0. The summed E-state index contributed by atoms with van der Waals surface area (Å²) >= 11 is 0. The zero-order valence-corrected chi connectivity index (χ0v) is 18.2. The van der Waals surface area contributed by atoms with Crippen LogP contribution in [0.3, 0.4) is 0 Å². The molecule has 2 nitrogen and oxygen atoms in total. The zero-order chi connectivity index (χ0) is 22.7. The van der Waals surface area contributed by atoms with Gasteiger partial charge in [-0.1, -0.05) is 86.7 Å². The second kappa shape index (κ2) is 7.06. The molecule has 1 saturated carbocycles. The lowest BCUT2D eigenvalue weighted by Gasteiger charge is -2.61. The summed E-state index contributed by atoms with van der Waals surface area (Å²) in [6.45, 7) is 3.62. The molecule has 4 aliphatic rings. The van der Waals surface area contributed by atoms with E-state index in [0.717, 1.165) is 0 Å². The van der Waals surface area contributed by atoms with Crippen LogP contribution in [-0.4, -0.2) is 22.9 Å². The summed E-state index contributed by atoms with van der Waals surface area (Å²) in [5.74, 6) is -3.47. The van der Waals surface area contributed by atoms with Crippen molar-refractivity contribution in [2.45, 2.75) is 38.0 Å². The van der Waals surface area contributed by atoms with Crippen LogP contribution >= 0.6 is 0 Å². The monoisotopic (exact) mass is 432 g/mol. The number of carbonyl (C=O) groups is 2. The highest BCUT2D eigenvalue weighted by molar-refractivity contribution is 6.08. The van der Waals surface area contributed by atoms with Gasteiger partial charge >= 0.3 is 0 Å². The highest BCUT2D eigenvalue weighted by Gasteiger charge is 2.72. The van der Waals surface area contributed by atoms with Gasteiger partial charge in [0.2, 0.25) is 0 Å². The SMILES string of the molecule is CC1C=C2C(=O)[C@@](F)(Cc3ccccc3)[C@@H]1[C@@H]1[C@@]2(C)C=CC(=O)[C@@]1(F)Cc1ccccc1. The first kappa shape index (κ1) is 21.0. The lowest BCUT2D eigenvalue weighted by Crippen LogP contribution is -2.69. The fourth-order valence-electron chi connectivity index (χ4n) is 6.44. The maximum Gasteiger partial charge on any atom is 0.197 e. The van der Waals surface area contributed by atoms with Gasteiger partial charge in [-0.05, 0) is 23.1 Å². The third-order valence-electron chi connectivity index (χ3n) is 7.82. The van der Waals surface area contributed by atoms with E-state index in [1.165, 1.54) is 6.08 Å². The van der Waals surface area contributed by atoms with Crippen molar-refractivity contribution in [1.82, 2.24) is 0 Å². The van der Waals surface area contributed by atoms with Crippen LogP contribution in [0.25, 0.3) is 0 Å². The van der Waals surface area contributed by atoms with Crippen LogP contribution in [0.1, 0.15) is 25.0 Å². The van der Waals surface area contributed by atoms with E-state index >= 15 is 8.78 Å². The van der Waals surface area contributed by atoms with Crippen molar-refractivity contribution < 1.29 is 18.4 Å². The first-order chi connectivity index (χ1) is 15.2. The third kappa shape index (κ3) is 2.81. The molecule has 4 heteroatoms. The Labute approximate surface area is 187 Å². The Hall–Kier alpha value is -2.88. The van der Waals surface area contributed by atoms with Crippen LogP contribution in [0.15, 0.2) is 84.5 Å². The molecule has 1 unspecified atom stereocenters. The molecule has 0 aliphatic heterocycles. The summed E-state index contributed by atoms with van der Waals surface area (Å²) in [5.41, 5.74) is -3.89. The number of rotatable bonds is 4. The van der Waals surface area contributed by atoms with Gasteiger partial charge in [0.25, 0.3) is 0 Å². The first-order valence-corrected chi connectivity index (χ1v) is 11.2. The molecule has 2 aromatic carbocycles. The van der Waals surface area contributed by atoms with Gasteiger partial charge in [0.15, 0.2) is 22.9 Å². The molecule has 0 saturated heterocycles. The molecule has 4 aliphatic carbocycles. The minimum absolute atomic E-state index is 0.120. The van der Waals surface area contributed by atoms with Gasteiger partial charge in [0.1, 0.15) is 0 Å². The summed E-state index contributed by atoms with van der Waals surface area (Å²) in [5, 5.41) is 0. The number of allylic oxidation sites excluding steroid dienone is 4. The Morgan fingerprint density at radius 2 is 1.38 bits per heavy atom. The van der Waals surface area contributed by atoms with E-state index in [4.69, 9.17) is 0 Å². The van der Waals surface area contributed by atoms with Gasteiger partial charge in [0.05, 0.1) is 0 Å². The summed E-state index contributed by atoms with van der Waals surface area (Å²) in [6, 6.07) is 18.0. The van der Waals surface area contributed by atoms with Gasteiger partial charge < -0.3 is 0 Å². The maximum atomic E-state index is 17.0. The molecular formula is C28H26F2O2. The average Bonchev–Trinajstić information content (AvgIpc) is 2.77. The highest BCUT2D eigenvalue weighted by atomic mass is 19.1. The normalized spacial score (nSPS) is 37.9. The number of ketones is 2. The largest absolute Gasteiger partial charge is 0.291 e. The average molecular weight is 433 g/mol. The van der Waals surface area contributed by atoms with Crippen molar-refractivity contribution in [3.63, 3.8) is 0 Å². The minimum Gasteiger partial charge on any atom is -0.291 e. The van der Waals surface area contributed by atoms with E-state index in [2.05, 4.69) is 0 Å². The molecule has 0 heterocycles. The topological polar surface area (TPSA) is 34.1 Å². The number of hydrogen-bond donors (Lipinski definition) is 0. The smallest absolute Gasteiger partial charge is 0.197 e. The Bertz CT molecular complexity index is 1140. The molecular weight excluding hydrogens is 406 g/mol. The summed E-state index contributed by atoms with van der Waals surface area (Å²) in [4.78, 5) is 26.5. The van der Waals surface area contributed by atoms with Crippen molar-refractivity contribution in [3.8, 4) is 0 Å². The van der Waals surface area contributed by atoms with Crippen molar-refractivity contribution in [1.29, 1.82) is 0 Å². The Kier molecular flexibility index (Phi) is 4.63. The molecule has 0 aromatic heterocycles. The predicted octanol–water partition coefficient (Wildman–Crippen LogP) is 5.42. The van der Waals surface area contributed by atoms with Gasteiger partial charge in [0, 0.05) is 35.7 Å². The van der Waals surface area contributed by atoms with Crippen LogP contribution in [0.2, 0.25) is 0 Å². The molecule has 2 aromatic rings. The van der Waals surface area contributed by atoms with E-state index in [1.54, 1.807) is 67.6 Å². The van der Waals surface area contributed by atoms with Crippen molar-refractivity contribution in [3.05, 3.63) is 95.6 Å². The summed E-state index contributed by atoms with van der Waals surface area (Å²) in [6.07, 6.45) is 4.44. The molecule has 0 spiro atoms. The first-order valence-electron chi connectivity index (χ1n) is 11.2. The summed E-state index contributed by atoms with van der Waals surface area (Å²) < 4.78 is 33.8. The number of carbonyl (C=O) groups excluding carboxylic acids is 2. The molecule has 32 heavy (non-hydrogen) atoms. The second-order valence-corrected chi connectivity index (χ2v) is 9.80. The number of benzene rings is 2. The quantitative estimate of drug-likeness (QED) is 0.646. The number of fused-ring (bicyclic) bond motifs is 2. The van der Waals surface area contributed by atoms with Crippen LogP contribution in [0, 0.1) is 23.2 Å². The van der Waals surface area contributed by atoms with E-state index < -0.39 is 40.2 Å². The van der Waals surface area contributed by atoms with E-state index in [1.807, 2.05) is 19.1 Å². The lowest BCUT2D eigenvalue weighted by atomic mass is 9.42. The molecule has 6 atom stereocenters. The highest BCUT2D eigenvalue weighted by Crippen LogP contribution is 2.65. The van der Waals surface area contributed by atoms with E-state index in [9.17, 15) is 9.59 Å². The van der Waals surface area contributed by atoms with E-state index in [-0.39, 0.29) is 18.8 Å². The zero-order valence-electron chi connectivity index (χ0n) is 18.2. The molecule has 0 radical (unpaired) electrons. The van der Waals surface area contributed by atoms with Gasteiger partial charge in [-0.15, -0.1) is 0 Å². The van der Waals surface area contributed by atoms with Crippen LogP contribution in [0.4, 0.5) is 8.78 Å². The fraction of sp³-hybridized carbons (Fsp3) is 0.357. The second-order valence-electron chi connectivity index (χ2n) is 9.80. The Morgan fingerprint density at radius 3 is 1.94 bits per heavy atom. The van der Waals surface area contributed by atoms with Crippen molar-refractivity contribution in [2.24, 2.45) is 23.2 Å². The molecule has 6 rings (SSSR count). The molecule has 0 amide bonds. The molecule has 0 N–H and O–H groups in total. The standard InChI is InChI=1S/C28H26F2O2/c1-18-15-21-25(32)28(30,17-20-11-7-4-8-12-20)23(18)24-26(21,2)14-13-22(31)27(24,29)16-19-9-5-3-6-10-19/h3-15,18,23-24H,16-17H2,1-2H3/t18?,23-,24+,26-,27-,28+/m0/s1. The Balaban J connectivity index is 1.66. The molecule has 1 fully saturated rings. The third-order valence-corrected chi connectivity index (χ3v) is 7.82. The van der Waals surface area contributed by atoms with Crippen molar-refractivity contribution in [2.75, 3.05) is 0 Å².